The third kappa shape index (κ3) is 9.89. The third-order valence-electron chi connectivity index (χ3n) is 1.24. The second-order valence-electron chi connectivity index (χ2n) is 2.73. The standard InChI is InChI=1S/C9H14N2O2S2/c1-8(6-10)12-14-4-3-5-15-13-9(2)7-11/h8-9H,3-5H2,1-2H3. The summed E-state index contributed by atoms with van der Waals surface area (Å²) in [4.78, 5) is 0. The molecule has 0 saturated heterocycles. The van der Waals surface area contributed by atoms with Gasteiger partial charge in [-0.3, -0.25) is 8.37 Å². The van der Waals surface area contributed by atoms with Crippen LogP contribution in [0.15, 0.2) is 0 Å². The second kappa shape index (κ2) is 10.1. The van der Waals surface area contributed by atoms with Crippen LogP contribution < -0.4 is 0 Å². The first-order valence-corrected chi connectivity index (χ1v) is 6.38. The summed E-state index contributed by atoms with van der Waals surface area (Å²) in [5.41, 5.74) is 0. The van der Waals surface area contributed by atoms with Gasteiger partial charge in [0.15, 0.2) is 12.2 Å². The van der Waals surface area contributed by atoms with Crippen molar-refractivity contribution < 1.29 is 8.37 Å². The zero-order valence-electron chi connectivity index (χ0n) is 8.80. The molecule has 0 aromatic heterocycles. The van der Waals surface area contributed by atoms with Crippen molar-refractivity contribution in [3.63, 3.8) is 0 Å². The Hall–Kier alpha value is -0.400. The molecule has 0 spiro atoms. The van der Waals surface area contributed by atoms with E-state index in [1.165, 1.54) is 24.1 Å². The fraction of sp³-hybridized carbons (Fsp3) is 0.778. The fourth-order valence-electron chi connectivity index (χ4n) is 0.520. The molecule has 0 aliphatic heterocycles. The summed E-state index contributed by atoms with van der Waals surface area (Å²) in [6.45, 7) is 3.42. The largest absolute Gasteiger partial charge is 0.297 e. The van der Waals surface area contributed by atoms with Crippen LogP contribution in [0.3, 0.4) is 0 Å². The van der Waals surface area contributed by atoms with Crippen molar-refractivity contribution in [2.75, 3.05) is 11.5 Å². The highest BCUT2D eigenvalue weighted by Gasteiger charge is 2.01. The first-order valence-electron chi connectivity index (χ1n) is 4.56. The van der Waals surface area contributed by atoms with Gasteiger partial charge in [0.2, 0.25) is 0 Å². The summed E-state index contributed by atoms with van der Waals surface area (Å²) in [5.74, 6) is 1.65. The normalized spacial score (nSPS) is 13.9. The monoisotopic (exact) mass is 246 g/mol. The van der Waals surface area contributed by atoms with Crippen LogP contribution >= 0.6 is 24.1 Å². The van der Waals surface area contributed by atoms with Crippen molar-refractivity contribution in [3.8, 4) is 12.1 Å². The fourth-order valence-corrected chi connectivity index (χ4v) is 1.91. The molecule has 0 radical (unpaired) electrons. The maximum absolute atomic E-state index is 8.42. The second-order valence-corrected chi connectivity index (χ2v) is 4.41. The zero-order chi connectivity index (χ0) is 11.5. The zero-order valence-corrected chi connectivity index (χ0v) is 10.4. The Kier molecular flexibility index (Phi) is 9.86. The molecule has 0 aromatic carbocycles. The Morgan fingerprint density at radius 2 is 1.40 bits per heavy atom. The molecule has 84 valence electrons. The molecule has 0 amide bonds. The Bertz CT molecular complexity index is 213. The maximum atomic E-state index is 8.42. The van der Waals surface area contributed by atoms with Gasteiger partial charge in [0, 0.05) is 11.5 Å². The van der Waals surface area contributed by atoms with E-state index in [0.29, 0.717) is 0 Å². The van der Waals surface area contributed by atoms with Crippen molar-refractivity contribution >= 4 is 24.1 Å². The van der Waals surface area contributed by atoms with Crippen LogP contribution in [-0.2, 0) is 8.37 Å². The molecule has 0 aliphatic carbocycles. The summed E-state index contributed by atoms with van der Waals surface area (Å²) in [6, 6.07) is 3.96. The number of hydrogen-bond acceptors (Lipinski definition) is 6. The minimum Gasteiger partial charge on any atom is -0.297 e. The number of rotatable bonds is 8. The van der Waals surface area contributed by atoms with Gasteiger partial charge in [-0.15, -0.1) is 0 Å². The molecule has 15 heavy (non-hydrogen) atoms. The summed E-state index contributed by atoms with van der Waals surface area (Å²) in [5, 5.41) is 16.8. The van der Waals surface area contributed by atoms with E-state index in [9.17, 15) is 0 Å². The molecule has 6 heteroatoms. The van der Waals surface area contributed by atoms with Gasteiger partial charge in [0.1, 0.15) is 0 Å². The summed E-state index contributed by atoms with van der Waals surface area (Å²) in [6.07, 6.45) is 0.195. The lowest BCUT2D eigenvalue weighted by molar-refractivity contribution is 0.327. The van der Waals surface area contributed by atoms with E-state index in [0.717, 1.165) is 17.9 Å². The summed E-state index contributed by atoms with van der Waals surface area (Å²) in [7, 11) is 0. The number of hydrogen-bond donors (Lipinski definition) is 0. The molecule has 0 aromatic rings. The molecule has 0 saturated carbocycles. The quantitative estimate of drug-likeness (QED) is 0.484. The van der Waals surface area contributed by atoms with Crippen LogP contribution in [-0.4, -0.2) is 23.7 Å². The van der Waals surface area contributed by atoms with E-state index < -0.39 is 0 Å². The first kappa shape index (κ1) is 14.6. The lowest BCUT2D eigenvalue weighted by Gasteiger charge is -2.04. The number of nitriles is 2. The lowest BCUT2D eigenvalue weighted by atomic mass is 10.5. The Balaban J connectivity index is 3.13. The molecule has 0 aliphatic rings. The van der Waals surface area contributed by atoms with E-state index >= 15 is 0 Å². The topological polar surface area (TPSA) is 66.0 Å². The predicted octanol–water partition coefficient (Wildman–Crippen LogP) is 2.53. The van der Waals surface area contributed by atoms with Crippen molar-refractivity contribution in [1.29, 1.82) is 10.5 Å². The highest BCUT2D eigenvalue weighted by Crippen LogP contribution is 2.13. The van der Waals surface area contributed by atoms with Crippen LogP contribution in [0, 0.1) is 22.7 Å². The molecule has 0 heterocycles. The Morgan fingerprint density at radius 1 is 1.00 bits per heavy atom. The minimum atomic E-state index is -0.363. The summed E-state index contributed by atoms with van der Waals surface area (Å²) < 4.78 is 10.2. The molecule has 2 atom stereocenters. The smallest absolute Gasteiger partial charge is 0.155 e. The molecule has 0 N–H and O–H groups in total. The molecule has 0 fully saturated rings. The van der Waals surface area contributed by atoms with Crippen molar-refractivity contribution in [2.24, 2.45) is 0 Å². The van der Waals surface area contributed by atoms with Crippen molar-refractivity contribution in [1.82, 2.24) is 0 Å². The molecule has 2 unspecified atom stereocenters. The molecular weight excluding hydrogens is 232 g/mol. The highest BCUT2D eigenvalue weighted by atomic mass is 32.2. The minimum absolute atomic E-state index is 0.363. The van der Waals surface area contributed by atoms with E-state index in [-0.39, 0.29) is 12.2 Å². The van der Waals surface area contributed by atoms with Gasteiger partial charge >= 0.3 is 0 Å². The third-order valence-corrected chi connectivity index (χ3v) is 3.00. The van der Waals surface area contributed by atoms with E-state index in [4.69, 9.17) is 18.9 Å². The van der Waals surface area contributed by atoms with E-state index in [2.05, 4.69) is 0 Å². The van der Waals surface area contributed by atoms with Crippen LogP contribution in [0.25, 0.3) is 0 Å². The Morgan fingerprint density at radius 3 is 1.73 bits per heavy atom. The van der Waals surface area contributed by atoms with Gasteiger partial charge in [-0.05, 0) is 44.4 Å². The van der Waals surface area contributed by atoms with Crippen LogP contribution in [0.5, 0.6) is 0 Å². The number of nitrogens with zero attached hydrogens (tertiary/aromatic N) is 2. The van der Waals surface area contributed by atoms with E-state index in [1.54, 1.807) is 13.8 Å². The SMILES string of the molecule is CC(C#N)OSCCCSOC(C)C#N. The predicted molar refractivity (Wildman–Crippen MR) is 61.9 cm³/mol. The Labute approximate surface area is 99.3 Å². The molecular formula is C9H14N2O2S2. The van der Waals surface area contributed by atoms with Gasteiger partial charge < -0.3 is 0 Å². The molecule has 0 rings (SSSR count). The first-order chi connectivity index (χ1) is 7.20. The van der Waals surface area contributed by atoms with Gasteiger partial charge in [-0.25, -0.2) is 0 Å². The van der Waals surface area contributed by atoms with Gasteiger partial charge in [-0.2, -0.15) is 10.5 Å². The van der Waals surface area contributed by atoms with Crippen LogP contribution in [0.1, 0.15) is 20.3 Å². The van der Waals surface area contributed by atoms with Gasteiger partial charge in [0.25, 0.3) is 0 Å². The van der Waals surface area contributed by atoms with Crippen molar-refractivity contribution in [2.45, 2.75) is 32.5 Å². The van der Waals surface area contributed by atoms with Gasteiger partial charge in [0.05, 0.1) is 12.1 Å². The lowest BCUT2D eigenvalue weighted by Crippen LogP contribution is -2.00. The van der Waals surface area contributed by atoms with Crippen LogP contribution in [0.2, 0.25) is 0 Å². The van der Waals surface area contributed by atoms with Crippen LogP contribution in [0.4, 0.5) is 0 Å². The molecule has 4 nitrogen and oxygen atoms in total. The summed E-state index contributed by atoms with van der Waals surface area (Å²) >= 11 is 2.59. The average Bonchev–Trinajstić information content (AvgIpc) is 2.26. The van der Waals surface area contributed by atoms with Crippen molar-refractivity contribution in [3.05, 3.63) is 0 Å². The highest BCUT2D eigenvalue weighted by molar-refractivity contribution is 7.95. The van der Waals surface area contributed by atoms with Gasteiger partial charge in [-0.1, -0.05) is 0 Å². The maximum Gasteiger partial charge on any atom is 0.155 e. The van der Waals surface area contributed by atoms with E-state index in [1.807, 2.05) is 12.1 Å². The molecule has 0 bridgehead atoms. The average molecular weight is 246 g/mol.